The number of carbonyl (C=O) groups excluding carboxylic acids is 3. The van der Waals surface area contributed by atoms with Crippen molar-refractivity contribution in [2.45, 2.75) is 88.2 Å². The smallest absolute Gasteiger partial charge is 0.303 e. The molecule has 21 nitrogen and oxygen atoms in total. The van der Waals surface area contributed by atoms with Gasteiger partial charge in [-0.05, 0) is 28.5 Å². The number of aliphatic hydroxyl groups excluding tert-OH is 1. The van der Waals surface area contributed by atoms with Crippen molar-refractivity contribution in [3.63, 3.8) is 0 Å². The third kappa shape index (κ3) is 8.00. The number of azide groups is 4. The zero-order valence-electron chi connectivity index (χ0n) is 20.8. The molecule has 0 amide bonds. The molecule has 1 saturated heterocycles. The minimum Gasteiger partial charge on any atom is -0.459 e. The van der Waals surface area contributed by atoms with E-state index in [0.717, 1.165) is 20.8 Å². The predicted octanol–water partition coefficient (Wildman–Crippen LogP) is 2.00. The van der Waals surface area contributed by atoms with Gasteiger partial charge in [0.1, 0.15) is 24.4 Å². The molecule has 1 aliphatic heterocycles. The number of aliphatic hydroxyl groups is 1. The molecule has 210 valence electrons. The number of rotatable bonds is 10. The third-order valence-corrected chi connectivity index (χ3v) is 5.64. The number of hydrogen-bond donors (Lipinski definition) is 1. The Morgan fingerprint density at radius 1 is 0.795 bits per heavy atom. The van der Waals surface area contributed by atoms with Gasteiger partial charge in [0.05, 0.1) is 24.7 Å². The maximum atomic E-state index is 11.9. The molecule has 0 aromatic heterocycles. The molecule has 1 heterocycles. The third-order valence-electron chi connectivity index (χ3n) is 5.64. The van der Waals surface area contributed by atoms with Crippen LogP contribution in [0.25, 0.3) is 41.8 Å². The van der Waals surface area contributed by atoms with Crippen molar-refractivity contribution >= 4 is 17.9 Å². The van der Waals surface area contributed by atoms with Crippen LogP contribution >= 0.6 is 0 Å². The number of carbonyl (C=O) groups is 3. The molecular weight excluding hydrogens is 528 g/mol. The van der Waals surface area contributed by atoms with E-state index in [9.17, 15) is 25.0 Å². The van der Waals surface area contributed by atoms with Crippen LogP contribution in [0.2, 0.25) is 0 Å². The summed E-state index contributed by atoms with van der Waals surface area (Å²) in [5, 5.41) is 25.1. The van der Waals surface area contributed by atoms with E-state index in [-0.39, 0.29) is 6.42 Å². The van der Waals surface area contributed by atoms with Gasteiger partial charge < -0.3 is 28.8 Å². The fourth-order valence-corrected chi connectivity index (χ4v) is 4.29. The summed E-state index contributed by atoms with van der Waals surface area (Å²) in [5.41, 5.74) is 36.0. The monoisotopic (exact) mass is 552 g/mol. The SMILES string of the molecule is CC(=O)O[C@@H]1[C@@H](N=[N+]=[N-])[C@@H](O[C@H]2[C@H](O)[C@@H](OC(C)=O)[C@@H](N=[N+]=[N-])C[C@@H]2N=[N+]=[N-])O[C@H](CN=[N+]=[N-])[C@H]1OC(C)=O. The fourth-order valence-electron chi connectivity index (χ4n) is 4.29. The molecular formula is C18H24N12O9. The molecule has 2 rings (SSSR count). The molecule has 1 N–H and O–H groups in total. The Morgan fingerprint density at radius 2 is 1.31 bits per heavy atom. The summed E-state index contributed by atoms with van der Waals surface area (Å²) in [6.07, 6.45) is -10.9. The highest BCUT2D eigenvalue weighted by Crippen LogP contribution is 2.35. The fraction of sp³-hybridized carbons (Fsp3) is 0.833. The minimum atomic E-state index is -1.77. The van der Waals surface area contributed by atoms with E-state index in [0.29, 0.717) is 0 Å². The lowest BCUT2D eigenvalue weighted by Crippen LogP contribution is -2.64. The molecule has 0 radical (unpaired) electrons. The van der Waals surface area contributed by atoms with Crippen molar-refractivity contribution in [3.8, 4) is 0 Å². The number of ether oxygens (including phenoxy) is 5. The van der Waals surface area contributed by atoms with Crippen molar-refractivity contribution in [1.82, 2.24) is 0 Å². The van der Waals surface area contributed by atoms with Crippen LogP contribution in [-0.2, 0) is 38.1 Å². The Morgan fingerprint density at radius 3 is 1.82 bits per heavy atom. The summed E-state index contributed by atoms with van der Waals surface area (Å²) in [4.78, 5) is 46.1. The molecule has 1 aliphatic carbocycles. The number of hydrogen-bond acceptors (Lipinski definition) is 13. The van der Waals surface area contributed by atoms with E-state index in [2.05, 4.69) is 40.1 Å². The highest BCUT2D eigenvalue weighted by molar-refractivity contribution is 5.67. The van der Waals surface area contributed by atoms with Crippen LogP contribution < -0.4 is 0 Å². The number of esters is 3. The topological polar surface area (TPSA) is 313 Å². The molecule has 0 aromatic rings. The second-order valence-corrected chi connectivity index (χ2v) is 8.25. The van der Waals surface area contributed by atoms with Gasteiger partial charge in [-0.3, -0.25) is 14.4 Å². The van der Waals surface area contributed by atoms with Crippen molar-refractivity contribution < 1.29 is 43.2 Å². The van der Waals surface area contributed by atoms with Crippen LogP contribution in [0.1, 0.15) is 27.2 Å². The molecule has 10 atom stereocenters. The van der Waals surface area contributed by atoms with E-state index >= 15 is 0 Å². The lowest BCUT2D eigenvalue weighted by atomic mass is 9.84. The highest BCUT2D eigenvalue weighted by Gasteiger charge is 2.53. The maximum absolute atomic E-state index is 11.9. The van der Waals surface area contributed by atoms with E-state index in [1.165, 1.54) is 0 Å². The van der Waals surface area contributed by atoms with Crippen LogP contribution in [0.5, 0.6) is 0 Å². The van der Waals surface area contributed by atoms with Gasteiger partial charge in [-0.2, -0.15) is 0 Å². The van der Waals surface area contributed by atoms with Gasteiger partial charge in [0.15, 0.2) is 18.5 Å². The molecule has 39 heavy (non-hydrogen) atoms. The van der Waals surface area contributed by atoms with Crippen LogP contribution in [0, 0.1) is 0 Å². The quantitative estimate of drug-likeness (QED) is 0.136. The first-order valence-electron chi connectivity index (χ1n) is 11.2. The largest absolute Gasteiger partial charge is 0.459 e. The molecule has 0 spiro atoms. The second-order valence-electron chi connectivity index (χ2n) is 8.25. The van der Waals surface area contributed by atoms with Crippen molar-refractivity contribution in [2.75, 3.05) is 6.54 Å². The summed E-state index contributed by atoms with van der Waals surface area (Å²) in [6.45, 7) is 2.68. The molecule has 21 heteroatoms. The predicted molar refractivity (Wildman–Crippen MR) is 124 cm³/mol. The molecule has 1 saturated carbocycles. The van der Waals surface area contributed by atoms with Crippen LogP contribution in [-0.4, -0.2) is 90.6 Å². The number of nitrogens with zero attached hydrogens (tertiary/aromatic N) is 12. The molecule has 0 bridgehead atoms. The Hall–Kier alpha value is -4.47. The van der Waals surface area contributed by atoms with Crippen LogP contribution in [0.3, 0.4) is 0 Å². The molecule has 2 aliphatic rings. The van der Waals surface area contributed by atoms with E-state index in [1.807, 2.05) is 0 Å². The minimum absolute atomic E-state index is 0.238. The zero-order chi connectivity index (χ0) is 29.1. The van der Waals surface area contributed by atoms with E-state index in [4.69, 9.17) is 40.3 Å². The van der Waals surface area contributed by atoms with E-state index < -0.39 is 85.5 Å². The zero-order valence-corrected chi connectivity index (χ0v) is 20.8. The highest BCUT2D eigenvalue weighted by atomic mass is 16.7. The summed E-state index contributed by atoms with van der Waals surface area (Å²) in [6, 6.07) is -3.92. The first kappa shape index (κ1) is 30.8. The standard InChI is InChI=1S/C18H24N12O9/c1-6(31)35-14-9(24-28-20)4-10(25-29-21)15(13(14)34)39-18-12(26-30-22)17(37-8(3)33)16(36-7(2)32)11(38-18)5-23-27-19/h9-18,34H,4-5H2,1-3H3/t9-,10-,11+,12+,13+,14-,15+,16+,17+,18+/m0/s1. The maximum Gasteiger partial charge on any atom is 0.303 e. The van der Waals surface area contributed by atoms with Gasteiger partial charge in [-0.25, -0.2) is 0 Å². The van der Waals surface area contributed by atoms with Gasteiger partial charge in [0.2, 0.25) is 0 Å². The van der Waals surface area contributed by atoms with Gasteiger partial charge in [0, 0.05) is 40.4 Å². The van der Waals surface area contributed by atoms with Crippen LogP contribution in [0.15, 0.2) is 20.5 Å². The molecule has 2 fully saturated rings. The van der Waals surface area contributed by atoms with Crippen molar-refractivity contribution in [3.05, 3.63) is 41.8 Å². The second kappa shape index (κ2) is 14.5. The van der Waals surface area contributed by atoms with Crippen molar-refractivity contribution in [2.24, 2.45) is 20.5 Å². The van der Waals surface area contributed by atoms with Gasteiger partial charge in [-0.1, -0.05) is 20.5 Å². The summed E-state index contributed by atoms with van der Waals surface area (Å²) < 4.78 is 27.3. The van der Waals surface area contributed by atoms with Gasteiger partial charge >= 0.3 is 17.9 Å². The lowest BCUT2D eigenvalue weighted by Gasteiger charge is -2.47. The molecule has 0 unspecified atom stereocenters. The van der Waals surface area contributed by atoms with Gasteiger partial charge in [-0.15, -0.1) is 0 Å². The first-order chi connectivity index (χ1) is 18.6. The Bertz CT molecular complexity index is 1130. The summed E-state index contributed by atoms with van der Waals surface area (Å²) in [5.74, 6) is -2.52. The van der Waals surface area contributed by atoms with E-state index in [1.54, 1.807) is 0 Å². The van der Waals surface area contributed by atoms with Crippen LogP contribution in [0.4, 0.5) is 0 Å². The Balaban J connectivity index is 2.57. The summed E-state index contributed by atoms with van der Waals surface area (Å²) >= 11 is 0. The lowest BCUT2D eigenvalue weighted by molar-refractivity contribution is -0.291. The average molecular weight is 552 g/mol. The molecule has 0 aromatic carbocycles. The average Bonchev–Trinajstić information content (AvgIpc) is 2.85. The Labute approximate surface area is 218 Å². The Kier molecular flexibility index (Phi) is 11.4. The van der Waals surface area contributed by atoms with Crippen molar-refractivity contribution in [1.29, 1.82) is 0 Å². The summed E-state index contributed by atoms with van der Waals surface area (Å²) in [7, 11) is 0. The normalized spacial score (nSPS) is 33.4. The first-order valence-corrected chi connectivity index (χ1v) is 11.2. The van der Waals surface area contributed by atoms with Gasteiger partial charge in [0.25, 0.3) is 0 Å².